The summed E-state index contributed by atoms with van der Waals surface area (Å²) < 4.78 is 9.10. The van der Waals surface area contributed by atoms with Crippen LogP contribution in [0.15, 0.2) is 0 Å². The van der Waals surface area contributed by atoms with E-state index in [0.717, 1.165) is 12.8 Å². The van der Waals surface area contributed by atoms with Gasteiger partial charge < -0.3 is 9.47 Å². The first-order valence-electron chi connectivity index (χ1n) is 5.53. The molecule has 0 atom stereocenters. The molecule has 96 valence electrons. The Balaban J connectivity index is 3.57. The second-order valence-corrected chi connectivity index (χ2v) is 4.07. The molecule has 0 rings (SSSR count). The number of carbonyl (C=O) groups is 1. The van der Waals surface area contributed by atoms with Crippen LogP contribution in [-0.2, 0) is 19.2 Å². The van der Waals surface area contributed by atoms with Crippen LogP contribution in [0.2, 0.25) is 0 Å². The van der Waals surface area contributed by atoms with Gasteiger partial charge in [-0.05, 0) is 20.3 Å². The van der Waals surface area contributed by atoms with Crippen LogP contribution < -0.4 is 0 Å². The summed E-state index contributed by atoms with van der Waals surface area (Å²) >= 11 is 0. The van der Waals surface area contributed by atoms with E-state index >= 15 is 0 Å². The van der Waals surface area contributed by atoms with Gasteiger partial charge in [0.15, 0.2) is 0 Å². The molecule has 0 amide bonds. The first kappa shape index (κ1) is 15.2. The van der Waals surface area contributed by atoms with Gasteiger partial charge in [0.05, 0.1) is 20.3 Å². The van der Waals surface area contributed by atoms with Gasteiger partial charge in [-0.15, -0.1) is 0 Å². The lowest BCUT2D eigenvalue weighted by Crippen LogP contribution is -2.27. The third-order valence-electron chi connectivity index (χ3n) is 1.96. The molecule has 0 bridgehead atoms. The van der Waals surface area contributed by atoms with Crippen molar-refractivity contribution in [1.29, 1.82) is 0 Å². The van der Waals surface area contributed by atoms with E-state index in [1.54, 1.807) is 0 Å². The Labute approximate surface area is 96.9 Å². The Hall–Kier alpha value is -0.810. The van der Waals surface area contributed by atoms with Crippen molar-refractivity contribution in [2.24, 2.45) is 0 Å². The van der Waals surface area contributed by atoms with Gasteiger partial charge in [0, 0.05) is 6.42 Å². The van der Waals surface area contributed by atoms with Crippen LogP contribution >= 0.6 is 0 Å². The first-order chi connectivity index (χ1) is 7.52. The van der Waals surface area contributed by atoms with Crippen molar-refractivity contribution in [2.45, 2.75) is 45.6 Å². The molecule has 0 aromatic rings. The molecule has 5 nitrogen and oxygen atoms in total. The van der Waals surface area contributed by atoms with Crippen molar-refractivity contribution in [1.82, 2.24) is 0 Å². The van der Waals surface area contributed by atoms with Crippen LogP contribution in [0, 0.1) is 0 Å². The topological polar surface area (TPSA) is 54.0 Å². The molecule has 0 radical (unpaired) electrons. The van der Waals surface area contributed by atoms with Crippen molar-refractivity contribution in [3.8, 4) is 0 Å². The molecule has 0 aliphatic carbocycles. The molecule has 5 heteroatoms. The third kappa shape index (κ3) is 8.49. The van der Waals surface area contributed by atoms with E-state index in [1.807, 2.05) is 13.8 Å². The summed E-state index contributed by atoms with van der Waals surface area (Å²) in [4.78, 5) is 20.9. The second-order valence-electron chi connectivity index (χ2n) is 4.07. The van der Waals surface area contributed by atoms with Crippen molar-refractivity contribution in [2.75, 3.05) is 20.3 Å². The lowest BCUT2D eigenvalue weighted by Gasteiger charge is -2.22. The van der Waals surface area contributed by atoms with Crippen LogP contribution in [-0.4, -0.2) is 32.1 Å². The standard InChI is InChI=1S/C11H22O5/c1-5-6-8-15-16-11(2,3)7-9-14-10(12)13-4/h5-9H2,1-4H3. The third-order valence-corrected chi connectivity index (χ3v) is 1.96. The summed E-state index contributed by atoms with van der Waals surface area (Å²) in [6.45, 7) is 6.66. The SMILES string of the molecule is CCCCOOC(C)(C)CCOC(=O)OC. The molecule has 0 aliphatic heterocycles. The fraction of sp³-hybridized carbons (Fsp3) is 0.909. The van der Waals surface area contributed by atoms with E-state index in [4.69, 9.17) is 14.5 Å². The van der Waals surface area contributed by atoms with Crippen LogP contribution in [0.25, 0.3) is 0 Å². The molecule has 0 fully saturated rings. The Bertz CT molecular complexity index is 191. The van der Waals surface area contributed by atoms with Gasteiger partial charge in [0.1, 0.15) is 5.60 Å². The van der Waals surface area contributed by atoms with Gasteiger partial charge in [-0.3, -0.25) is 0 Å². The number of hydrogen-bond donors (Lipinski definition) is 0. The van der Waals surface area contributed by atoms with E-state index in [-0.39, 0.29) is 6.61 Å². The number of rotatable bonds is 8. The number of ether oxygens (including phenoxy) is 2. The summed E-state index contributed by atoms with van der Waals surface area (Å²) in [5.74, 6) is 0. The van der Waals surface area contributed by atoms with Gasteiger partial charge in [-0.25, -0.2) is 14.6 Å². The van der Waals surface area contributed by atoms with Gasteiger partial charge in [0.25, 0.3) is 0 Å². The number of hydrogen-bond acceptors (Lipinski definition) is 5. The number of methoxy groups -OCH3 is 1. The van der Waals surface area contributed by atoms with Gasteiger partial charge in [-0.2, -0.15) is 0 Å². The molecular weight excluding hydrogens is 212 g/mol. The number of unbranched alkanes of at least 4 members (excludes halogenated alkanes) is 1. The summed E-state index contributed by atoms with van der Waals surface area (Å²) in [5.41, 5.74) is -0.470. The molecule has 0 aromatic carbocycles. The van der Waals surface area contributed by atoms with Gasteiger partial charge in [-0.1, -0.05) is 13.3 Å². The molecular formula is C11H22O5. The maximum atomic E-state index is 10.7. The normalized spacial score (nSPS) is 11.2. The average molecular weight is 234 g/mol. The van der Waals surface area contributed by atoms with Crippen LogP contribution in [0.3, 0.4) is 0 Å². The summed E-state index contributed by atoms with van der Waals surface area (Å²) in [6, 6.07) is 0. The Kier molecular flexibility index (Phi) is 7.93. The minimum absolute atomic E-state index is 0.247. The van der Waals surface area contributed by atoms with E-state index in [0.29, 0.717) is 13.0 Å². The second kappa shape index (κ2) is 8.35. The summed E-state index contributed by atoms with van der Waals surface area (Å²) in [7, 11) is 1.28. The van der Waals surface area contributed by atoms with E-state index in [9.17, 15) is 4.79 Å². The van der Waals surface area contributed by atoms with Crippen molar-refractivity contribution in [3.63, 3.8) is 0 Å². The molecule has 0 aliphatic rings. The molecule has 0 saturated heterocycles. The Morgan fingerprint density at radius 3 is 2.50 bits per heavy atom. The Morgan fingerprint density at radius 2 is 1.94 bits per heavy atom. The van der Waals surface area contributed by atoms with Crippen LogP contribution in [0.5, 0.6) is 0 Å². The maximum Gasteiger partial charge on any atom is 0.507 e. The molecule has 16 heavy (non-hydrogen) atoms. The molecule has 0 aromatic heterocycles. The largest absolute Gasteiger partial charge is 0.507 e. The van der Waals surface area contributed by atoms with Crippen molar-refractivity contribution >= 4 is 6.16 Å². The minimum atomic E-state index is -0.678. The van der Waals surface area contributed by atoms with Gasteiger partial charge >= 0.3 is 6.16 Å². The lowest BCUT2D eigenvalue weighted by molar-refractivity contribution is -0.355. The minimum Gasteiger partial charge on any atom is -0.438 e. The van der Waals surface area contributed by atoms with Crippen molar-refractivity contribution < 1.29 is 24.0 Å². The number of carbonyl (C=O) groups excluding carboxylic acids is 1. The summed E-state index contributed by atoms with van der Waals surface area (Å²) in [5, 5.41) is 0. The molecule has 0 heterocycles. The Morgan fingerprint density at radius 1 is 1.25 bits per heavy atom. The average Bonchev–Trinajstić information content (AvgIpc) is 2.24. The molecule has 0 N–H and O–H groups in total. The maximum absolute atomic E-state index is 10.7. The summed E-state index contributed by atoms with van der Waals surface area (Å²) in [6.07, 6.45) is 1.90. The zero-order valence-electron chi connectivity index (χ0n) is 10.6. The monoisotopic (exact) mass is 234 g/mol. The van der Waals surface area contributed by atoms with Crippen LogP contribution in [0.1, 0.15) is 40.0 Å². The quantitative estimate of drug-likeness (QED) is 0.280. The van der Waals surface area contributed by atoms with Crippen molar-refractivity contribution in [3.05, 3.63) is 0 Å². The first-order valence-corrected chi connectivity index (χ1v) is 5.53. The van der Waals surface area contributed by atoms with Gasteiger partial charge in [0.2, 0.25) is 0 Å². The predicted molar refractivity (Wildman–Crippen MR) is 59.0 cm³/mol. The lowest BCUT2D eigenvalue weighted by atomic mass is 10.1. The smallest absolute Gasteiger partial charge is 0.438 e. The molecule has 0 unspecified atom stereocenters. The van der Waals surface area contributed by atoms with E-state index < -0.39 is 11.8 Å². The fourth-order valence-electron chi connectivity index (χ4n) is 0.885. The fourth-order valence-corrected chi connectivity index (χ4v) is 0.885. The highest BCUT2D eigenvalue weighted by atomic mass is 17.2. The predicted octanol–water partition coefficient (Wildman–Crippen LogP) is 2.69. The molecule has 0 saturated carbocycles. The highest BCUT2D eigenvalue weighted by Crippen LogP contribution is 2.15. The van der Waals surface area contributed by atoms with E-state index in [2.05, 4.69) is 11.7 Å². The zero-order chi connectivity index (χ0) is 12.4. The highest BCUT2D eigenvalue weighted by Gasteiger charge is 2.20. The molecule has 0 spiro atoms. The van der Waals surface area contributed by atoms with Crippen LogP contribution in [0.4, 0.5) is 4.79 Å². The zero-order valence-corrected chi connectivity index (χ0v) is 10.6. The van der Waals surface area contributed by atoms with E-state index in [1.165, 1.54) is 7.11 Å². The highest BCUT2D eigenvalue weighted by molar-refractivity contribution is 5.59.